The van der Waals surface area contributed by atoms with Gasteiger partial charge in [-0.25, -0.2) is 4.98 Å². The summed E-state index contributed by atoms with van der Waals surface area (Å²) < 4.78 is 2.24. The summed E-state index contributed by atoms with van der Waals surface area (Å²) in [5.74, 6) is 1.10. The Labute approximate surface area is 87.4 Å². The first-order chi connectivity index (χ1) is 6.12. The Morgan fingerprint density at radius 3 is 1.79 bits per heavy atom. The molecule has 0 aliphatic heterocycles. The molecular weight excluding hydrogens is 172 g/mol. The molecule has 0 aliphatic carbocycles. The summed E-state index contributed by atoms with van der Waals surface area (Å²) in [5, 5.41) is 0. The predicted molar refractivity (Wildman–Crippen MR) is 60.7 cm³/mol. The van der Waals surface area contributed by atoms with Crippen molar-refractivity contribution in [3.63, 3.8) is 0 Å². The van der Waals surface area contributed by atoms with Gasteiger partial charge in [0.1, 0.15) is 5.82 Å². The van der Waals surface area contributed by atoms with Gasteiger partial charge in [-0.3, -0.25) is 0 Å². The van der Waals surface area contributed by atoms with E-state index < -0.39 is 0 Å². The number of hydrogen-bond acceptors (Lipinski definition) is 1. The van der Waals surface area contributed by atoms with E-state index in [1.165, 1.54) is 5.69 Å². The molecule has 0 aliphatic rings. The van der Waals surface area contributed by atoms with E-state index in [1.807, 2.05) is 0 Å². The third-order valence-electron chi connectivity index (χ3n) is 2.37. The van der Waals surface area contributed by atoms with Crippen molar-refractivity contribution in [1.29, 1.82) is 0 Å². The molecule has 0 aromatic carbocycles. The number of aromatic nitrogens is 2. The van der Waals surface area contributed by atoms with Crippen molar-refractivity contribution in [1.82, 2.24) is 9.55 Å². The van der Waals surface area contributed by atoms with E-state index in [2.05, 4.69) is 64.2 Å². The molecule has 2 heteroatoms. The Bertz CT molecular complexity index is 321. The molecular formula is C12H22N2. The minimum absolute atomic E-state index is 0.126. The number of nitrogens with zero attached hydrogens (tertiary/aromatic N) is 2. The summed E-state index contributed by atoms with van der Waals surface area (Å²) in [5.41, 5.74) is 1.44. The quantitative estimate of drug-likeness (QED) is 0.620. The van der Waals surface area contributed by atoms with Crippen molar-refractivity contribution in [2.75, 3.05) is 0 Å². The molecule has 1 aromatic heterocycles. The van der Waals surface area contributed by atoms with Gasteiger partial charge in [-0.1, -0.05) is 20.8 Å². The maximum absolute atomic E-state index is 4.61. The van der Waals surface area contributed by atoms with Gasteiger partial charge < -0.3 is 4.57 Å². The van der Waals surface area contributed by atoms with Crippen LogP contribution in [0.1, 0.15) is 53.1 Å². The lowest BCUT2D eigenvalue weighted by Crippen LogP contribution is -2.22. The van der Waals surface area contributed by atoms with Crippen LogP contribution < -0.4 is 0 Å². The van der Waals surface area contributed by atoms with E-state index in [1.54, 1.807) is 0 Å². The Kier molecular flexibility index (Phi) is 2.51. The van der Waals surface area contributed by atoms with Gasteiger partial charge in [-0.2, -0.15) is 0 Å². The topological polar surface area (TPSA) is 17.8 Å². The molecule has 1 heterocycles. The third kappa shape index (κ3) is 2.17. The molecule has 1 aromatic rings. The second-order valence-electron chi connectivity index (χ2n) is 5.96. The van der Waals surface area contributed by atoms with Gasteiger partial charge >= 0.3 is 0 Å². The van der Waals surface area contributed by atoms with Gasteiger partial charge in [0.05, 0.1) is 5.69 Å². The Morgan fingerprint density at radius 2 is 1.57 bits per heavy atom. The molecule has 2 nitrogen and oxygen atoms in total. The Balaban J connectivity index is 3.19. The summed E-state index contributed by atoms with van der Waals surface area (Å²) >= 11 is 0. The predicted octanol–water partition coefficient (Wildman–Crippen LogP) is 3.24. The molecule has 0 saturated carbocycles. The van der Waals surface area contributed by atoms with Crippen molar-refractivity contribution < 1.29 is 0 Å². The first-order valence-corrected chi connectivity index (χ1v) is 5.19. The highest BCUT2D eigenvalue weighted by atomic mass is 15.1. The van der Waals surface area contributed by atoms with Crippen molar-refractivity contribution >= 4 is 0 Å². The van der Waals surface area contributed by atoms with Crippen LogP contribution in [-0.4, -0.2) is 9.55 Å². The van der Waals surface area contributed by atoms with Crippen molar-refractivity contribution in [3.8, 4) is 0 Å². The average Bonchev–Trinajstić information content (AvgIpc) is 2.27. The first kappa shape index (κ1) is 11.3. The second kappa shape index (κ2) is 3.11. The summed E-state index contributed by atoms with van der Waals surface area (Å²) in [6.45, 7) is 15.3. The van der Waals surface area contributed by atoms with Gasteiger partial charge in [0.2, 0.25) is 0 Å². The second-order valence-corrected chi connectivity index (χ2v) is 5.96. The lowest BCUT2D eigenvalue weighted by Gasteiger charge is -2.22. The number of hydrogen-bond donors (Lipinski definition) is 0. The fourth-order valence-corrected chi connectivity index (χ4v) is 1.51. The van der Waals surface area contributed by atoms with E-state index in [4.69, 9.17) is 0 Å². The van der Waals surface area contributed by atoms with Crippen molar-refractivity contribution in [3.05, 3.63) is 17.7 Å². The number of rotatable bonds is 0. The molecule has 80 valence electrons. The average molecular weight is 194 g/mol. The molecule has 0 saturated heterocycles. The minimum atomic E-state index is 0.126. The van der Waals surface area contributed by atoms with E-state index in [0.29, 0.717) is 0 Å². The summed E-state index contributed by atoms with van der Waals surface area (Å²) in [7, 11) is 0. The molecule has 1 rings (SSSR count). The Hall–Kier alpha value is -0.790. The minimum Gasteiger partial charge on any atom is -0.330 e. The molecule has 0 radical (unpaired) electrons. The molecule has 0 N–H and O–H groups in total. The van der Waals surface area contributed by atoms with E-state index in [-0.39, 0.29) is 11.0 Å². The number of imidazole rings is 1. The monoisotopic (exact) mass is 194 g/mol. The van der Waals surface area contributed by atoms with Crippen molar-refractivity contribution in [2.24, 2.45) is 0 Å². The van der Waals surface area contributed by atoms with Crippen LogP contribution in [0.3, 0.4) is 0 Å². The lowest BCUT2D eigenvalue weighted by atomic mass is 9.93. The summed E-state index contributed by atoms with van der Waals surface area (Å²) in [6.07, 6.45) is 2.18. The maximum atomic E-state index is 4.61. The van der Waals surface area contributed by atoms with Crippen LogP contribution in [0, 0.1) is 6.92 Å². The lowest BCUT2D eigenvalue weighted by molar-refractivity contribution is 0.387. The van der Waals surface area contributed by atoms with Gasteiger partial charge in [-0.05, 0) is 27.7 Å². The number of aryl methyl sites for hydroxylation is 1. The third-order valence-corrected chi connectivity index (χ3v) is 2.37. The van der Waals surface area contributed by atoms with E-state index in [0.717, 1.165) is 5.82 Å². The zero-order valence-corrected chi connectivity index (χ0v) is 10.5. The molecule has 0 amide bonds. The zero-order valence-electron chi connectivity index (χ0n) is 10.5. The van der Waals surface area contributed by atoms with E-state index >= 15 is 0 Å². The van der Waals surface area contributed by atoms with Crippen LogP contribution >= 0.6 is 0 Å². The highest BCUT2D eigenvalue weighted by Crippen LogP contribution is 2.24. The Morgan fingerprint density at radius 1 is 1.07 bits per heavy atom. The largest absolute Gasteiger partial charge is 0.330 e. The van der Waals surface area contributed by atoms with Crippen molar-refractivity contribution in [2.45, 2.75) is 59.4 Å². The molecule has 0 fully saturated rings. The highest BCUT2D eigenvalue weighted by Gasteiger charge is 2.22. The summed E-state index contributed by atoms with van der Waals surface area (Å²) in [6, 6.07) is 0. The fourth-order valence-electron chi connectivity index (χ4n) is 1.51. The van der Waals surface area contributed by atoms with Gasteiger partial charge in [-0.15, -0.1) is 0 Å². The molecule has 0 bridgehead atoms. The molecule has 0 spiro atoms. The van der Waals surface area contributed by atoms with Gasteiger partial charge in [0, 0.05) is 17.2 Å². The normalized spacial score (nSPS) is 13.4. The fraction of sp³-hybridized carbons (Fsp3) is 0.750. The van der Waals surface area contributed by atoms with Crippen LogP contribution in [0.5, 0.6) is 0 Å². The standard InChI is InChI=1S/C12H22N2/c1-9-13-10(11(2,3)4)8-14(9)12(5,6)7/h8H,1-7H3. The van der Waals surface area contributed by atoms with E-state index in [9.17, 15) is 0 Å². The zero-order chi connectivity index (χ0) is 11.1. The summed E-state index contributed by atoms with van der Waals surface area (Å²) in [4.78, 5) is 4.61. The molecule has 0 unspecified atom stereocenters. The highest BCUT2D eigenvalue weighted by molar-refractivity contribution is 5.14. The molecule has 0 atom stereocenters. The van der Waals surface area contributed by atoms with Crippen LogP contribution in [-0.2, 0) is 11.0 Å². The first-order valence-electron chi connectivity index (χ1n) is 5.19. The van der Waals surface area contributed by atoms with Crippen LogP contribution in [0.4, 0.5) is 0 Å². The van der Waals surface area contributed by atoms with Gasteiger partial charge in [0.15, 0.2) is 0 Å². The van der Waals surface area contributed by atoms with Crippen LogP contribution in [0.2, 0.25) is 0 Å². The van der Waals surface area contributed by atoms with Crippen LogP contribution in [0.25, 0.3) is 0 Å². The maximum Gasteiger partial charge on any atom is 0.106 e. The SMILES string of the molecule is Cc1nc(C(C)(C)C)cn1C(C)(C)C. The smallest absolute Gasteiger partial charge is 0.106 e. The molecule has 14 heavy (non-hydrogen) atoms. The van der Waals surface area contributed by atoms with Crippen LogP contribution in [0.15, 0.2) is 6.20 Å². The van der Waals surface area contributed by atoms with Gasteiger partial charge in [0.25, 0.3) is 0 Å².